The Morgan fingerprint density at radius 3 is 2.33 bits per heavy atom. The highest BCUT2D eigenvalue weighted by molar-refractivity contribution is 7.86. The van der Waals surface area contributed by atoms with E-state index in [4.69, 9.17) is 9.81 Å². The van der Waals surface area contributed by atoms with Gasteiger partial charge in [0.25, 0.3) is 10.1 Å². The van der Waals surface area contributed by atoms with Gasteiger partial charge in [0.05, 0.1) is 6.07 Å². The predicted molar refractivity (Wildman–Crippen MR) is 56.7 cm³/mol. The summed E-state index contributed by atoms with van der Waals surface area (Å²) in [6, 6.07) is 1.66. The Balaban J connectivity index is 2.51. The Morgan fingerprint density at radius 2 is 1.93 bits per heavy atom. The first kappa shape index (κ1) is 12.5. The van der Waals surface area contributed by atoms with Crippen LogP contribution in [-0.4, -0.2) is 18.2 Å². The lowest BCUT2D eigenvalue weighted by Crippen LogP contribution is -2.24. The van der Waals surface area contributed by atoms with Crippen molar-refractivity contribution in [3.8, 4) is 6.07 Å². The van der Waals surface area contributed by atoms with Crippen molar-refractivity contribution in [1.29, 1.82) is 5.26 Å². The Bertz CT molecular complexity index is 336. The monoisotopic (exact) mass is 231 g/mol. The lowest BCUT2D eigenvalue weighted by molar-refractivity contribution is 0.278. The van der Waals surface area contributed by atoms with E-state index in [1.54, 1.807) is 6.07 Å². The second kappa shape index (κ2) is 4.95. The van der Waals surface area contributed by atoms with Crippen molar-refractivity contribution in [2.45, 2.75) is 44.3 Å². The normalized spacial score (nSPS) is 29.4. The second-order valence-corrected chi connectivity index (χ2v) is 6.09. The van der Waals surface area contributed by atoms with Crippen LogP contribution in [0.1, 0.15) is 39.0 Å². The van der Waals surface area contributed by atoms with E-state index in [1.807, 2.05) is 0 Å². The highest BCUT2D eigenvalue weighted by Gasteiger charge is 2.28. The van der Waals surface area contributed by atoms with Crippen LogP contribution in [0.3, 0.4) is 0 Å². The van der Waals surface area contributed by atoms with Crippen LogP contribution >= 0.6 is 0 Å². The molecule has 1 fully saturated rings. The summed E-state index contributed by atoms with van der Waals surface area (Å²) in [5.41, 5.74) is 0. The van der Waals surface area contributed by atoms with E-state index in [0.717, 1.165) is 25.7 Å². The Labute approximate surface area is 91.0 Å². The molecule has 0 spiro atoms. The highest BCUT2D eigenvalue weighted by atomic mass is 32.2. The smallest absolute Gasteiger partial charge is 0.281 e. The number of rotatable bonds is 3. The van der Waals surface area contributed by atoms with Crippen molar-refractivity contribution < 1.29 is 13.0 Å². The summed E-state index contributed by atoms with van der Waals surface area (Å²) in [6.45, 7) is 2.18. The molecule has 5 heteroatoms. The molecule has 0 saturated heterocycles. The quantitative estimate of drug-likeness (QED) is 0.753. The number of hydrogen-bond donors (Lipinski definition) is 1. The molecule has 1 rings (SSSR count). The van der Waals surface area contributed by atoms with Crippen molar-refractivity contribution in [2.24, 2.45) is 11.8 Å². The molecule has 0 aromatic heterocycles. The van der Waals surface area contributed by atoms with E-state index in [-0.39, 0.29) is 12.3 Å². The third-order valence-electron chi connectivity index (χ3n) is 3.19. The predicted octanol–water partition coefficient (Wildman–Crippen LogP) is 1.98. The van der Waals surface area contributed by atoms with Gasteiger partial charge in [-0.3, -0.25) is 4.55 Å². The van der Waals surface area contributed by atoms with Crippen molar-refractivity contribution in [2.75, 3.05) is 0 Å². The molecule has 1 atom stereocenters. The lowest BCUT2D eigenvalue weighted by Gasteiger charge is -2.26. The third kappa shape index (κ3) is 3.80. The minimum Gasteiger partial charge on any atom is -0.285 e. The topological polar surface area (TPSA) is 78.2 Å². The van der Waals surface area contributed by atoms with Gasteiger partial charge in [-0.05, 0) is 18.3 Å². The minimum atomic E-state index is -4.19. The summed E-state index contributed by atoms with van der Waals surface area (Å²) in [5, 5.41) is 7.42. The molecule has 1 saturated carbocycles. The molecule has 0 radical (unpaired) electrons. The van der Waals surface area contributed by atoms with Crippen LogP contribution in [0.2, 0.25) is 0 Å². The van der Waals surface area contributed by atoms with Gasteiger partial charge >= 0.3 is 0 Å². The second-order valence-electron chi connectivity index (χ2n) is 4.49. The molecule has 15 heavy (non-hydrogen) atoms. The van der Waals surface area contributed by atoms with E-state index in [2.05, 4.69) is 6.92 Å². The average Bonchev–Trinajstić information content (AvgIpc) is 2.15. The van der Waals surface area contributed by atoms with E-state index < -0.39 is 15.4 Å². The van der Waals surface area contributed by atoms with Crippen LogP contribution < -0.4 is 0 Å². The van der Waals surface area contributed by atoms with Crippen molar-refractivity contribution in [3.63, 3.8) is 0 Å². The van der Waals surface area contributed by atoms with Gasteiger partial charge < -0.3 is 0 Å². The average molecular weight is 231 g/mol. The highest BCUT2D eigenvalue weighted by Crippen LogP contribution is 2.31. The van der Waals surface area contributed by atoms with Gasteiger partial charge in [0.2, 0.25) is 0 Å². The van der Waals surface area contributed by atoms with Gasteiger partial charge in [0.1, 0.15) is 0 Å². The lowest BCUT2D eigenvalue weighted by atomic mass is 9.81. The van der Waals surface area contributed by atoms with Crippen molar-refractivity contribution in [1.82, 2.24) is 0 Å². The zero-order valence-corrected chi connectivity index (χ0v) is 9.70. The molecule has 0 aromatic carbocycles. The van der Waals surface area contributed by atoms with E-state index >= 15 is 0 Å². The summed E-state index contributed by atoms with van der Waals surface area (Å²) >= 11 is 0. The molecule has 1 unspecified atom stereocenters. The van der Waals surface area contributed by atoms with Crippen LogP contribution in [0.25, 0.3) is 0 Å². The van der Waals surface area contributed by atoms with E-state index in [1.165, 1.54) is 0 Å². The van der Waals surface area contributed by atoms with Crippen LogP contribution in [0, 0.1) is 23.2 Å². The maximum Gasteiger partial charge on any atom is 0.281 e. The maximum absolute atomic E-state index is 10.8. The Morgan fingerprint density at radius 1 is 1.40 bits per heavy atom. The number of hydrogen-bond acceptors (Lipinski definition) is 3. The molecule has 1 N–H and O–H groups in total. The summed E-state index contributed by atoms with van der Waals surface area (Å²) in [5.74, 6) is 0.972. The zero-order chi connectivity index (χ0) is 11.5. The molecular formula is C10H17NO3S. The maximum atomic E-state index is 10.8. The first-order valence-electron chi connectivity index (χ1n) is 5.29. The van der Waals surface area contributed by atoms with Crippen molar-refractivity contribution >= 4 is 10.1 Å². The van der Waals surface area contributed by atoms with Crippen molar-refractivity contribution in [3.05, 3.63) is 0 Å². The van der Waals surface area contributed by atoms with Gasteiger partial charge in [-0.25, -0.2) is 0 Å². The van der Waals surface area contributed by atoms with E-state index in [9.17, 15) is 8.42 Å². The molecular weight excluding hydrogens is 214 g/mol. The van der Waals surface area contributed by atoms with Gasteiger partial charge in [0.15, 0.2) is 5.25 Å². The van der Waals surface area contributed by atoms with Crippen LogP contribution in [0.4, 0.5) is 0 Å². The molecule has 1 aliphatic rings. The molecule has 1 aliphatic carbocycles. The third-order valence-corrected chi connectivity index (χ3v) is 4.20. The first-order chi connectivity index (χ1) is 6.93. The van der Waals surface area contributed by atoms with Gasteiger partial charge in [-0.1, -0.05) is 32.6 Å². The van der Waals surface area contributed by atoms with Crippen LogP contribution in [-0.2, 0) is 10.1 Å². The molecule has 0 aliphatic heterocycles. The Hall–Kier alpha value is -0.600. The zero-order valence-electron chi connectivity index (χ0n) is 8.89. The van der Waals surface area contributed by atoms with Gasteiger partial charge in [-0.2, -0.15) is 13.7 Å². The molecule has 0 bridgehead atoms. The Kier molecular flexibility index (Phi) is 4.12. The summed E-state index contributed by atoms with van der Waals surface area (Å²) in [4.78, 5) is 0. The van der Waals surface area contributed by atoms with Gasteiger partial charge in [0, 0.05) is 0 Å². The fourth-order valence-corrected chi connectivity index (χ4v) is 2.76. The molecule has 0 aromatic rings. The SMILES string of the molecule is CC1CCC(CC(C#N)S(=O)(=O)O)CC1. The largest absolute Gasteiger partial charge is 0.285 e. The summed E-state index contributed by atoms with van der Waals surface area (Å²) in [6.07, 6.45) is 4.40. The minimum absolute atomic E-state index is 0.271. The molecule has 0 amide bonds. The standard InChI is InChI=1S/C10H17NO3S/c1-8-2-4-9(5-3-8)6-10(7-11)15(12,13)14/h8-10H,2-6H2,1H3,(H,12,13,14). The molecule has 4 nitrogen and oxygen atoms in total. The summed E-state index contributed by atoms with van der Waals surface area (Å²) < 4.78 is 30.5. The fourth-order valence-electron chi connectivity index (χ4n) is 2.11. The van der Waals surface area contributed by atoms with Gasteiger partial charge in [-0.15, -0.1) is 0 Å². The fraction of sp³-hybridized carbons (Fsp3) is 0.900. The molecule has 86 valence electrons. The van der Waals surface area contributed by atoms with Crippen LogP contribution in [0.15, 0.2) is 0 Å². The first-order valence-corrected chi connectivity index (χ1v) is 6.79. The molecule has 0 heterocycles. The number of nitrogens with zero attached hydrogens (tertiary/aromatic N) is 1. The van der Waals surface area contributed by atoms with E-state index in [0.29, 0.717) is 5.92 Å². The summed E-state index contributed by atoms with van der Waals surface area (Å²) in [7, 11) is -4.19. The number of nitriles is 1. The van der Waals surface area contributed by atoms with Crippen LogP contribution in [0.5, 0.6) is 0 Å².